The highest BCUT2D eigenvalue weighted by Crippen LogP contribution is 2.05. The molecular formula is C56H92ClNO25. The Morgan fingerprint density at radius 3 is 0.446 bits per heavy atom. The maximum absolute atomic E-state index is 10.1. The molecule has 0 saturated heterocycles. The van der Waals surface area contributed by atoms with Crippen molar-refractivity contribution >= 4 is 151 Å². The molecule has 0 aliphatic rings. The number of nitrogens with zero attached hydrogens (tertiary/aromatic N) is 1. The van der Waals surface area contributed by atoms with E-state index < -0.39 is 0 Å². The number of carbonyl (C=O) groups is 24. The zero-order valence-electron chi connectivity index (χ0n) is 48.8. The highest BCUT2D eigenvalue weighted by Gasteiger charge is 2.20. The number of rotatable bonds is 40. The Labute approximate surface area is 494 Å². The quantitative estimate of drug-likeness (QED) is 0.0446. The van der Waals surface area contributed by atoms with Crippen LogP contribution < -0.4 is 12.4 Å². The predicted octanol–water partition coefficient (Wildman–Crippen LogP) is 0.0944. The van der Waals surface area contributed by atoms with Crippen LogP contribution in [-0.2, 0) is 120 Å². The third-order valence-corrected chi connectivity index (χ3v) is 7.10. The van der Waals surface area contributed by atoms with Crippen molar-refractivity contribution in [2.45, 2.75) is 175 Å². The Morgan fingerprint density at radius 2 is 0.373 bits per heavy atom. The fourth-order valence-corrected chi connectivity index (χ4v) is 2.86. The minimum atomic E-state index is 0. The molecule has 0 rings (SSSR count). The topological polar surface area (TPSA) is 419 Å². The summed E-state index contributed by atoms with van der Waals surface area (Å²) >= 11 is 0. The Balaban J connectivity index is -0.0000000524. The van der Waals surface area contributed by atoms with Crippen molar-refractivity contribution in [2.24, 2.45) is 0 Å². The van der Waals surface area contributed by atoms with E-state index in [2.05, 4.69) is 20.9 Å². The molecule has 27 heteroatoms. The van der Waals surface area contributed by atoms with Crippen LogP contribution in [0.4, 0.5) is 0 Å². The van der Waals surface area contributed by atoms with Crippen LogP contribution in [0.5, 0.6) is 0 Å². The largest absolute Gasteiger partial charge is 1.00 e. The number of likely N-dealkylation sites (N-methyl/N-ethyl adjacent to an activating group) is 1. The Hall–Kier alpha value is -7.71. The van der Waals surface area contributed by atoms with Gasteiger partial charge in [0.1, 0.15) is 170 Å². The van der Waals surface area contributed by atoms with Crippen LogP contribution in [0.3, 0.4) is 0 Å². The lowest BCUT2D eigenvalue weighted by Crippen LogP contribution is -3.00. The first kappa shape index (κ1) is 111. The SMILES string of the molecule is CC=O.CC[N+](C)(CC)CC(C)OCC=O.O=CCCC=O.O=CCCC=O.O=CCCC=O.O=CCCC=O.O=CCCC=O.O=CCCC=O.O=CCCC=O.O=CCCC=O.O=CCCC=O.O=CCCC=O.O=CCCC=O.[Cl-]. The van der Waals surface area contributed by atoms with Crippen molar-refractivity contribution < 1.29 is 137 Å². The molecule has 0 aromatic heterocycles. The zero-order valence-corrected chi connectivity index (χ0v) is 49.6. The van der Waals surface area contributed by atoms with Crippen molar-refractivity contribution in [3.8, 4) is 0 Å². The van der Waals surface area contributed by atoms with Crippen LogP contribution >= 0.6 is 0 Å². The van der Waals surface area contributed by atoms with Gasteiger partial charge in [-0.15, -0.1) is 0 Å². The summed E-state index contributed by atoms with van der Waals surface area (Å²) in [7, 11) is 2.21. The lowest BCUT2D eigenvalue weighted by Gasteiger charge is -2.34. The molecule has 0 radical (unpaired) electrons. The molecule has 0 fully saturated rings. The molecular weight excluding hydrogens is 1120 g/mol. The molecule has 0 amide bonds. The molecule has 0 aromatic rings. The van der Waals surface area contributed by atoms with Crippen LogP contribution in [0, 0.1) is 0 Å². The molecule has 0 aromatic carbocycles. The maximum atomic E-state index is 10.1. The molecule has 0 aliphatic heterocycles. The van der Waals surface area contributed by atoms with E-state index in [-0.39, 0.29) is 25.1 Å². The predicted molar refractivity (Wildman–Crippen MR) is 300 cm³/mol. The summed E-state index contributed by atoms with van der Waals surface area (Å²) in [5, 5.41) is 0. The van der Waals surface area contributed by atoms with Gasteiger partial charge >= 0.3 is 0 Å². The summed E-state index contributed by atoms with van der Waals surface area (Å²) in [6.07, 6.45) is 25.8. The fourth-order valence-electron chi connectivity index (χ4n) is 2.86. The highest BCUT2D eigenvalue weighted by molar-refractivity contribution is 5.62. The standard InChI is InChI=1S/C10H22NO2.11C4H6O2.C2H4O.ClH/c1-5-11(4,6-2)9-10(3)13-8-7-12;11*5-3-1-2-4-6;1-2-3;/h7,10H,5-6,8-9H2,1-4H3;11*3-4H,1-2H2;2H,1H3;1H/q+1;;;;;;;;;;;;;/p-1. The smallest absolute Gasteiger partial charge is 0.145 e. The molecule has 0 N–H and O–H groups in total. The van der Waals surface area contributed by atoms with Gasteiger partial charge in [-0.1, -0.05) is 0 Å². The normalized spacial score (nSPS) is 8.20. The van der Waals surface area contributed by atoms with E-state index in [1.165, 1.54) is 6.92 Å². The summed E-state index contributed by atoms with van der Waals surface area (Å²) in [6, 6.07) is 0. The number of hydrogen-bond donors (Lipinski definition) is 0. The van der Waals surface area contributed by atoms with Gasteiger partial charge in [0.05, 0.1) is 20.1 Å². The molecule has 0 aliphatic carbocycles. The van der Waals surface area contributed by atoms with E-state index in [0.717, 1.165) is 175 Å². The summed E-state index contributed by atoms with van der Waals surface area (Å²) in [4.78, 5) is 226. The minimum Gasteiger partial charge on any atom is -1.00 e. The van der Waals surface area contributed by atoms with Gasteiger partial charge in [-0.3, -0.25) is 0 Å². The van der Waals surface area contributed by atoms with Gasteiger partial charge in [-0.2, -0.15) is 0 Å². The van der Waals surface area contributed by atoms with Crippen LogP contribution in [0.25, 0.3) is 0 Å². The first-order valence-corrected chi connectivity index (χ1v) is 25.4. The Kier molecular flexibility index (Phi) is 195. The van der Waals surface area contributed by atoms with Gasteiger partial charge < -0.3 is 137 Å². The number of carbonyl (C=O) groups excluding carboxylic acids is 24. The van der Waals surface area contributed by atoms with Crippen molar-refractivity contribution in [1.82, 2.24) is 0 Å². The summed E-state index contributed by atoms with van der Waals surface area (Å²) in [5.41, 5.74) is 0. The number of halogens is 1. The summed E-state index contributed by atoms with van der Waals surface area (Å²) in [5.74, 6) is 0. The Morgan fingerprint density at radius 1 is 0.265 bits per heavy atom. The van der Waals surface area contributed by atoms with Crippen molar-refractivity contribution in [3.05, 3.63) is 0 Å². The van der Waals surface area contributed by atoms with E-state index >= 15 is 0 Å². The van der Waals surface area contributed by atoms with Crippen molar-refractivity contribution in [2.75, 3.05) is 33.3 Å². The van der Waals surface area contributed by atoms with Crippen molar-refractivity contribution in [1.29, 1.82) is 0 Å². The lowest BCUT2D eigenvalue weighted by molar-refractivity contribution is -0.908. The maximum Gasteiger partial charge on any atom is 0.145 e. The van der Waals surface area contributed by atoms with E-state index in [1.807, 2.05) is 6.92 Å². The number of ether oxygens (including phenoxy) is 1. The number of aldehydes is 24. The molecule has 0 spiro atoms. The van der Waals surface area contributed by atoms with Gasteiger partial charge in [0.15, 0.2) is 0 Å². The second kappa shape index (κ2) is 146. The lowest BCUT2D eigenvalue weighted by atomic mass is 10.3. The van der Waals surface area contributed by atoms with E-state index in [0.29, 0.717) is 141 Å². The van der Waals surface area contributed by atoms with Crippen LogP contribution in [0.1, 0.15) is 169 Å². The minimum absolute atomic E-state index is 0. The third-order valence-electron chi connectivity index (χ3n) is 7.10. The van der Waals surface area contributed by atoms with Gasteiger partial charge in [0.25, 0.3) is 0 Å². The second-order valence-corrected chi connectivity index (χ2v) is 14.0. The average Bonchev–Trinajstić information content (AvgIpc) is 3.50. The van der Waals surface area contributed by atoms with E-state index in [9.17, 15) is 110 Å². The molecule has 26 nitrogen and oxygen atoms in total. The summed E-state index contributed by atoms with van der Waals surface area (Å²) in [6.45, 7) is 11.2. The molecule has 0 saturated carbocycles. The fraction of sp³-hybridized carbons (Fsp3) is 0.571. The van der Waals surface area contributed by atoms with Crippen molar-refractivity contribution in [3.63, 3.8) is 0 Å². The molecule has 0 bridgehead atoms. The van der Waals surface area contributed by atoms with Crippen LogP contribution in [-0.4, -0.2) is 195 Å². The number of unbranched alkanes of at least 4 members (excludes halogenated alkanes) is 11. The van der Waals surface area contributed by atoms with Crippen LogP contribution in [0.15, 0.2) is 0 Å². The van der Waals surface area contributed by atoms with Gasteiger partial charge in [-0.25, -0.2) is 0 Å². The molecule has 1 unspecified atom stereocenters. The molecule has 1 atom stereocenters. The van der Waals surface area contributed by atoms with Crippen LogP contribution in [0.2, 0.25) is 0 Å². The van der Waals surface area contributed by atoms with Gasteiger partial charge in [-0.05, 0) is 27.7 Å². The average molecular weight is 1210 g/mol. The third kappa shape index (κ3) is 239. The molecule has 0 heterocycles. The van der Waals surface area contributed by atoms with E-state index in [4.69, 9.17) is 9.53 Å². The first-order valence-electron chi connectivity index (χ1n) is 25.4. The Bertz CT molecular complexity index is 1100. The summed E-state index contributed by atoms with van der Waals surface area (Å²) < 4.78 is 6.31. The second-order valence-electron chi connectivity index (χ2n) is 14.0. The van der Waals surface area contributed by atoms with E-state index in [1.54, 1.807) is 0 Å². The first-order chi connectivity index (χ1) is 39.5. The molecule has 83 heavy (non-hydrogen) atoms. The number of hydrogen-bond acceptors (Lipinski definition) is 25. The molecule has 478 valence electrons. The highest BCUT2D eigenvalue weighted by atomic mass is 35.5. The van der Waals surface area contributed by atoms with Gasteiger partial charge in [0, 0.05) is 141 Å². The van der Waals surface area contributed by atoms with Gasteiger partial charge in [0.2, 0.25) is 0 Å². The number of quaternary nitrogens is 1. The zero-order chi connectivity index (χ0) is 66.1. The monoisotopic (exact) mass is 1210 g/mol.